The third-order valence-electron chi connectivity index (χ3n) is 4.28. The molecule has 4 heteroatoms. The summed E-state index contributed by atoms with van der Waals surface area (Å²) in [5, 5.41) is 12.4. The normalized spacial score (nSPS) is 26.7. The van der Waals surface area contributed by atoms with Gasteiger partial charge in [0.1, 0.15) is 0 Å². The van der Waals surface area contributed by atoms with E-state index in [9.17, 15) is 9.90 Å². The van der Waals surface area contributed by atoms with E-state index in [4.69, 9.17) is 0 Å². The molecule has 104 valence electrons. The molecule has 2 aliphatic rings. The molecule has 18 heavy (non-hydrogen) atoms. The number of nitrogens with zero attached hydrogens (tertiary/aromatic N) is 1. The van der Waals surface area contributed by atoms with Gasteiger partial charge in [-0.05, 0) is 25.7 Å². The molecule has 1 atom stereocenters. The van der Waals surface area contributed by atoms with Crippen molar-refractivity contribution < 1.29 is 9.90 Å². The van der Waals surface area contributed by atoms with Crippen LogP contribution in [0, 0.1) is 0 Å². The van der Waals surface area contributed by atoms with Crippen molar-refractivity contribution in [2.24, 2.45) is 0 Å². The lowest BCUT2D eigenvalue weighted by atomic mass is 9.97. The minimum Gasteiger partial charge on any atom is -0.394 e. The molecule has 0 radical (unpaired) electrons. The van der Waals surface area contributed by atoms with Crippen molar-refractivity contribution in [1.29, 1.82) is 0 Å². The number of hydrogen-bond acceptors (Lipinski definition) is 2. The zero-order valence-electron chi connectivity index (χ0n) is 11.2. The quantitative estimate of drug-likeness (QED) is 0.794. The SMILES string of the molecule is O=C(NC1CCCCCCC1)N1CCC[C@H]1CO. The van der Waals surface area contributed by atoms with Crippen LogP contribution in [0.3, 0.4) is 0 Å². The van der Waals surface area contributed by atoms with Crippen LogP contribution in [0.5, 0.6) is 0 Å². The number of nitrogens with one attached hydrogen (secondary N) is 1. The number of hydrogen-bond donors (Lipinski definition) is 2. The molecule has 2 amide bonds. The van der Waals surface area contributed by atoms with E-state index in [1.807, 2.05) is 4.90 Å². The van der Waals surface area contributed by atoms with Crippen LogP contribution in [0.4, 0.5) is 4.79 Å². The van der Waals surface area contributed by atoms with Gasteiger partial charge in [-0.2, -0.15) is 0 Å². The van der Waals surface area contributed by atoms with E-state index in [1.165, 1.54) is 32.1 Å². The average molecular weight is 254 g/mol. The lowest BCUT2D eigenvalue weighted by molar-refractivity contribution is 0.153. The number of amides is 2. The largest absolute Gasteiger partial charge is 0.394 e. The minimum atomic E-state index is 0.0390. The maximum atomic E-state index is 12.2. The molecule has 4 nitrogen and oxygen atoms in total. The Morgan fingerprint density at radius 1 is 1.06 bits per heavy atom. The van der Waals surface area contributed by atoms with Gasteiger partial charge in [-0.1, -0.05) is 32.1 Å². The van der Waals surface area contributed by atoms with E-state index < -0.39 is 0 Å². The third-order valence-corrected chi connectivity index (χ3v) is 4.28. The summed E-state index contributed by atoms with van der Waals surface area (Å²) >= 11 is 0. The molecule has 0 aromatic heterocycles. The molecule has 0 aromatic rings. The third kappa shape index (κ3) is 3.61. The smallest absolute Gasteiger partial charge is 0.317 e. The van der Waals surface area contributed by atoms with E-state index in [0.717, 1.165) is 32.2 Å². The predicted octanol–water partition coefficient (Wildman–Crippen LogP) is 2.27. The number of urea groups is 1. The van der Waals surface area contributed by atoms with Gasteiger partial charge < -0.3 is 15.3 Å². The number of aliphatic hydroxyl groups is 1. The number of carbonyl (C=O) groups is 1. The molecule has 1 aliphatic carbocycles. The van der Waals surface area contributed by atoms with E-state index in [0.29, 0.717) is 6.04 Å². The lowest BCUT2D eigenvalue weighted by Crippen LogP contribution is -2.47. The van der Waals surface area contributed by atoms with Crippen LogP contribution in [0.15, 0.2) is 0 Å². The van der Waals surface area contributed by atoms with Crippen molar-refractivity contribution in [1.82, 2.24) is 10.2 Å². The summed E-state index contributed by atoms with van der Waals surface area (Å²) in [6, 6.07) is 0.424. The molecule has 0 spiro atoms. The summed E-state index contributed by atoms with van der Waals surface area (Å²) in [5.74, 6) is 0. The number of carbonyl (C=O) groups excluding carboxylic acids is 1. The van der Waals surface area contributed by atoms with Crippen LogP contribution >= 0.6 is 0 Å². The number of aliphatic hydroxyl groups excluding tert-OH is 1. The molecule has 2 fully saturated rings. The molecule has 1 heterocycles. The zero-order chi connectivity index (χ0) is 12.8. The van der Waals surface area contributed by atoms with Crippen molar-refractivity contribution in [2.75, 3.05) is 13.2 Å². The Kier molecular flexibility index (Phi) is 5.29. The second kappa shape index (κ2) is 6.98. The van der Waals surface area contributed by atoms with E-state index >= 15 is 0 Å². The summed E-state index contributed by atoms with van der Waals surface area (Å²) in [6.07, 6.45) is 10.6. The van der Waals surface area contributed by atoms with Crippen molar-refractivity contribution in [2.45, 2.75) is 69.9 Å². The summed E-state index contributed by atoms with van der Waals surface area (Å²) in [5.41, 5.74) is 0. The molecular weight excluding hydrogens is 228 g/mol. The standard InChI is InChI=1S/C14H26N2O2/c17-11-13-9-6-10-16(13)14(18)15-12-7-4-2-1-3-5-8-12/h12-13,17H,1-11H2,(H,15,18)/t13-/m0/s1. The highest BCUT2D eigenvalue weighted by Crippen LogP contribution is 2.20. The predicted molar refractivity (Wildman–Crippen MR) is 71.5 cm³/mol. The Balaban J connectivity index is 1.81. The first kappa shape index (κ1) is 13.7. The van der Waals surface area contributed by atoms with E-state index in [1.54, 1.807) is 0 Å². The fourth-order valence-electron chi connectivity index (χ4n) is 3.15. The van der Waals surface area contributed by atoms with Gasteiger partial charge in [0.2, 0.25) is 0 Å². The highest BCUT2D eigenvalue weighted by molar-refractivity contribution is 5.75. The second-order valence-corrected chi connectivity index (χ2v) is 5.66. The van der Waals surface area contributed by atoms with Crippen LogP contribution < -0.4 is 5.32 Å². The average Bonchev–Trinajstić information content (AvgIpc) is 2.80. The molecule has 0 bridgehead atoms. The van der Waals surface area contributed by atoms with Gasteiger partial charge in [-0.3, -0.25) is 0 Å². The van der Waals surface area contributed by atoms with Crippen LogP contribution in [0.25, 0.3) is 0 Å². The first-order chi connectivity index (χ1) is 8.81. The van der Waals surface area contributed by atoms with Gasteiger partial charge in [0.15, 0.2) is 0 Å². The van der Waals surface area contributed by atoms with Crippen molar-refractivity contribution in [3.8, 4) is 0 Å². The van der Waals surface area contributed by atoms with Crippen LogP contribution in [0.2, 0.25) is 0 Å². The summed E-state index contributed by atoms with van der Waals surface area (Å²) < 4.78 is 0. The van der Waals surface area contributed by atoms with Gasteiger partial charge in [-0.25, -0.2) is 4.79 Å². The Hall–Kier alpha value is -0.770. The Morgan fingerprint density at radius 2 is 1.72 bits per heavy atom. The van der Waals surface area contributed by atoms with Gasteiger partial charge >= 0.3 is 6.03 Å². The topological polar surface area (TPSA) is 52.6 Å². The first-order valence-electron chi connectivity index (χ1n) is 7.49. The highest BCUT2D eigenvalue weighted by atomic mass is 16.3. The van der Waals surface area contributed by atoms with Crippen molar-refractivity contribution >= 4 is 6.03 Å². The number of likely N-dealkylation sites (tertiary alicyclic amines) is 1. The van der Waals surface area contributed by atoms with Gasteiger partial charge in [0.25, 0.3) is 0 Å². The maximum absolute atomic E-state index is 12.2. The zero-order valence-corrected chi connectivity index (χ0v) is 11.2. The second-order valence-electron chi connectivity index (χ2n) is 5.66. The molecular formula is C14H26N2O2. The van der Waals surface area contributed by atoms with Gasteiger partial charge in [0, 0.05) is 12.6 Å². The maximum Gasteiger partial charge on any atom is 0.317 e. The van der Waals surface area contributed by atoms with Gasteiger partial charge in [-0.15, -0.1) is 0 Å². The molecule has 1 saturated heterocycles. The Morgan fingerprint density at radius 3 is 2.39 bits per heavy atom. The molecule has 0 unspecified atom stereocenters. The Bertz CT molecular complexity index is 263. The molecule has 2 N–H and O–H groups in total. The summed E-state index contributed by atoms with van der Waals surface area (Å²) in [7, 11) is 0. The van der Waals surface area contributed by atoms with Gasteiger partial charge in [0.05, 0.1) is 12.6 Å². The Labute approximate surface area is 110 Å². The van der Waals surface area contributed by atoms with E-state index in [-0.39, 0.29) is 18.7 Å². The summed E-state index contributed by atoms with van der Waals surface area (Å²) in [4.78, 5) is 14.0. The van der Waals surface area contributed by atoms with Crippen LogP contribution in [-0.4, -0.2) is 41.3 Å². The first-order valence-corrected chi connectivity index (χ1v) is 7.49. The fraction of sp³-hybridized carbons (Fsp3) is 0.929. The van der Waals surface area contributed by atoms with Crippen molar-refractivity contribution in [3.05, 3.63) is 0 Å². The molecule has 1 saturated carbocycles. The summed E-state index contributed by atoms with van der Waals surface area (Å²) in [6.45, 7) is 0.891. The van der Waals surface area contributed by atoms with Crippen LogP contribution in [-0.2, 0) is 0 Å². The lowest BCUT2D eigenvalue weighted by Gasteiger charge is -2.27. The molecule has 1 aliphatic heterocycles. The van der Waals surface area contributed by atoms with Crippen LogP contribution in [0.1, 0.15) is 57.8 Å². The van der Waals surface area contributed by atoms with Crippen molar-refractivity contribution in [3.63, 3.8) is 0 Å². The van der Waals surface area contributed by atoms with E-state index in [2.05, 4.69) is 5.32 Å². The highest BCUT2D eigenvalue weighted by Gasteiger charge is 2.29. The molecule has 2 rings (SSSR count). The molecule has 0 aromatic carbocycles. The number of rotatable bonds is 2. The fourth-order valence-corrected chi connectivity index (χ4v) is 3.15. The monoisotopic (exact) mass is 254 g/mol. The minimum absolute atomic E-state index is 0.0390.